The van der Waals surface area contributed by atoms with E-state index in [1.54, 1.807) is 84.3 Å². The van der Waals surface area contributed by atoms with Crippen LogP contribution in [0.3, 0.4) is 0 Å². The Morgan fingerprint density at radius 1 is 0.646 bits per heavy atom. The Balaban J connectivity index is 1.47. The summed E-state index contributed by atoms with van der Waals surface area (Å²) in [6.07, 6.45) is 6.71. The third kappa shape index (κ3) is 10.8. The molecule has 0 aromatic heterocycles. The molecule has 2 heterocycles. The summed E-state index contributed by atoms with van der Waals surface area (Å²) in [5, 5.41) is 26.8. The summed E-state index contributed by atoms with van der Waals surface area (Å²) in [5.41, 5.74) is 3.49. The lowest BCUT2D eigenvalue weighted by molar-refractivity contribution is -0.387. The number of carbonyl (C=O) groups is 4. The number of hydrogen-bond acceptors (Lipinski definition) is 11. The van der Waals surface area contributed by atoms with Crippen LogP contribution in [0.25, 0.3) is 34.4 Å². The molecule has 2 aliphatic heterocycles. The van der Waals surface area contributed by atoms with E-state index >= 15 is 0 Å². The first kappa shape index (κ1) is 47.9. The summed E-state index contributed by atoms with van der Waals surface area (Å²) in [6, 6.07) is 21.1. The van der Waals surface area contributed by atoms with Gasteiger partial charge in [-0.1, -0.05) is 100 Å². The number of esters is 2. The molecular formula is C50H54N4O10S. The fraction of sp³-hybridized carbons (Fsp3) is 0.360. The first-order valence-electron chi connectivity index (χ1n) is 21.9. The van der Waals surface area contributed by atoms with E-state index in [0.717, 1.165) is 22.9 Å². The zero-order valence-corrected chi connectivity index (χ0v) is 38.3. The van der Waals surface area contributed by atoms with E-state index in [1.165, 1.54) is 12.2 Å². The molecule has 2 fully saturated rings. The number of nitro benzene ring substituents is 2. The second-order valence-corrected chi connectivity index (χ2v) is 17.6. The zero-order valence-electron chi connectivity index (χ0n) is 37.5. The van der Waals surface area contributed by atoms with Crippen LogP contribution in [0.4, 0.5) is 11.4 Å². The van der Waals surface area contributed by atoms with E-state index in [9.17, 15) is 39.4 Å². The number of ether oxygens (including phenoxy) is 2. The van der Waals surface area contributed by atoms with Gasteiger partial charge < -0.3 is 19.3 Å². The predicted molar refractivity (Wildman–Crippen MR) is 250 cm³/mol. The molecule has 0 aliphatic carbocycles. The third-order valence-corrected chi connectivity index (χ3v) is 12.8. The Kier molecular flexibility index (Phi) is 15.7. The molecule has 2 aliphatic rings. The standard InChI is InChI=1S/C50H54N4O10S/c1-7-63-49(57)35-25-27-51(29-35)43(55)23-19-33-17-21-41(47(53(59)60)45(33)39-15-11-9-13-37(39)31(3)4)65-42-22-18-34(20-24-44(56)52-28-26-36(30-52)50(58)64-8-2)46(48(42)54(61)62)40-16-12-10-14-38(40)32(5)6/h9-24,31-32,35-36H,7-8,25-30H2,1-6H3/b23-19+,24-20+. The normalized spacial score (nSPS) is 16.2. The van der Waals surface area contributed by atoms with Crippen LogP contribution < -0.4 is 0 Å². The van der Waals surface area contributed by atoms with Gasteiger partial charge in [0.1, 0.15) is 0 Å². The van der Waals surface area contributed by atoms with Crippen LogP contribution in [0.1, 0.15) is 88.5 Å². The van der Waals surface area contributed by atoms with Crippen LogP contribution in [0, 0.1) is 32.1 Å². The zero-order chi connectivity index (χ0) is 46.9. The predicted octanol–water partition coefficient (Wildman–Crippen LogP) is 10.1. The highest BCUT2D eigenvalue weighted by molar-refractivity contribution is 7.99. The topological polar surface area (TPSA) is 180 Å². The third-order valence-electron chi connectivity index (χ3n) is 11.7. The van der Waals surface area contributed by atoms with E-state index in [2.05, 4.69) is 0 Å². The van der Waals surface area contributed by atoms with Crippen LogP contribution >= 0.6 is 11.8 Å². The highest BCUT2D eigenvalue weighted by atomic mass is 32.2. The molecule has 2 saturated heterocycles. The van der Waals surface area contributed by atoms with Gasteiger partial charge in [0.25, 0.3) is 11.4 Å². The number of amides is 2. The van der Waals surface area contributed by atoms with Crippen LogP contribution in [0.5, 0.6) is 0 Å². The second kappa shape index (κ2) is 21.4. The van der Waals surface area contributed by atoms with Gasteiger partial charge in [-0.2, -0.15) is 0 Å². The minimum Gasteiger partial charge on any atom is -0.466 e. The monoisotopic (exact) mass is 902 g/mol. The summed E-state index contributed by atoms with van der Waals surface area (Å²) >= 11 is 0.895. The van der Waals surface area contributed by atoms with Crippen molar-refractivity contribution in [3.8, 4) is 22.3 Å². The van der Waals surface area contributed by atoms with Crippen molar-refractivity contribution in [1.29, 1.82) is 0 Å². The molecule has 0 saturated carbocycles. The molecule has 2 amide bonds. The Bertz CT molecular complexity index is 2380. The van der Waals surface area contributed by atoms with E-state index in [-0.39, 0.29) is 94.2 Å². The maximum atomic E-state index is 13.5. The highest BCUT2D eigenvalue weighted by Crippen LogP contribution is 2.50. The molecule has 0 N–H and O–H groups in total. The van der Waals surface area contributed by atoms with Gasteiger partial charge >= 0.3 is 11.9 Å². The van der Waals surface area contributed by atoms with Crippen molar-refractivity contribution in [2.75, 3.05) is 39.4 Å². The minimum atomic E-state index is -0.493. The largest absolute Gasteiger partial charge is 0.466 e. The summed E-state index contributed by atoms with van der Waals surface area (Å²) in [4.78, 5) is 81.0. The van der Waals surface area contributed by atoms with Gasteiger partial charge in [0.05, 0.1) is 55.8 Å². The smallest absolute Gasteiger partial charge is 0.310 e. The maximum Gasteiger partial charge on any atom is 0.310 e. The van der Waals surface area contributed by atoms with E-state index in [4.69, 9.17) is 9.47 Å². The minimum absolute atomic E-state index is 0.0494. The molecule has 340 valence electrons. The molecule has 65 heavy (non-hydrogen) atoms. The van der Waals surface area contributed by atoms with Gasteiger partial charge in [-0.25, -0.2) is 0 Å². The van der Waals surface area contributed by atoms with Crippen molar-refractivity contribution < 1.29 is 38.5 Å². The average Bonchev–Trinajstić information content (AvgIpc) is 4.00. The van der Waals surface area contributed by atoms with Gasteiger partial charge in [0.15, 0.2) is 0 Å². The van der Waals surface area contributed by atoms with Gasteiger partial charge in [0.2, 0.25) is 11.8 Å². The van der Waals surface area contributed by atoms with Gasteiger partial charge in [0, 0.05) is 38.3 Å². The van der Waals surface area contributed by atoms with Crippen molar-refractivity contribution in [3.05, 3.63) is 127 Å². The molecule has 2 unspecified atom stereocenters. The lowest BCUT2D eigenvalue weighted by Gasteiger charge is -2.19. The average molecular weight is 903 g/mol. The molecular weight excluding hydrogens is 849 g/mol. The number of hydrogen-bond donors (Lipinski definition) is 0. The fourth-order valence-corrected chi connectivity index (χ4v) is 9.54. The molecule has 0 spiro atoms. The van der Waals surface area contributed by atoms with E-state index < -0.39 is 21.7 Å². The lowest BCUT2D eigenvalue weighted by Crippen LogP contribution is -2.28. The first-order chi connectivity index (χ1) is 31.1. The highest BCUT2D eigenvalue weighted by Gasteiger charge is 2.34. The van der Waals surface area contributed by atoms with Crippen LogP contribution in [-0.4, -0.2) is 82.8 Å². The summed E-state index contributed by atoms with van der Waals surface area (Å²) in [6.45, 7) is 12.9. The maximum absolute atomic E-state index is 13.5. The molecule has 14 nitrogen and oxygen atoms in total. The SMILES string of the molecule is CCOC(=O)C1CCN(C(=O)/C=C/c2ccc(Sc3ccc(/C=C/C(=O)N4CCC(C(=O)OCC)C4)c(-c4ccccc4C(C)C)c3[N+](=O)[O-])c([N+](=O)[O-])c2-c2ccccc2C(C)C)C1. The van der Waals surface area contributed by atoms with E-state index in [1.807, 2.05) is 52.0 Å². The first-order valence-corrected chi connectivity index (χ1v) is 22.7. The van der Waals surface area contributed by atoms with E-state index in [0.29, 0.717) is 48.2 Å². The van der Waals surface area contributed by atoms with Crippen molar-refractivity contribution >= 4 is 59.0 Å². The number of nitro groups is 2. The van der Waals surface area contributed by atoms with Crippen LogP contribution in [0.15, 0.2) is 94.7 Å². The Morgan fingerprint density at radius 3 is 1.38 bits per heavy atom. The number of rotatable bonds is 16. The summed E-state index contributed by atoms with van der Waals surface area (Å²) < 4.78 is 10.3. The van der Waals surface area contributed by atoms with Gasteiger partial charge in [-0.15, -0.1) is 0 Å². The fourth-order valence-electron chi connectivity index (χ4n) is 8.48. The van der Waals surface area contributed by atoms with Crippen molar-refractivity contribution in [2.24, 2.45) is 11.8 Å². The van der Waals surface area contributed by atoms with Crippen molar-refractivity contribution in [3.63, 3.8) is 0 Å². The Labute approximate surface area is 383 Å². The van der Waals surface area contributed by atoms with Crippen LogP contribution in [0.2, 0.25) is 0 Å². The second-order valence-electron chi connectivity index (χ2n) is 16.6. The van der Waals surface area contributed by atoms with Crippen molar-refractivity contribution in [1.82, 2.24) is 9.80 Å². The summed E-state index contributed by atoms with van der Waals surface area (Å²) in [7, 11) is 0. The number of carbonyl (C=O) groups excluding carboxylic acids is 4. The summed E-state index contributed by atoms with van der Waals surface area (Å²) in [5.74, 6) is -2.40. The molecule has 0 radical (unpaired) electrons. The molecule has 4 aromatic carbocycles. The molecule has 4 aromatic rings. The van der Waals surface area contributed by atoms with Crippen molar-refractivity contribution in [2.45, 2.75) is 76.0 Å². The number of likely N-dealkylation sites (tertiary alicyclic amines) is 2. The Hall–Kier alpha value is -6.61. The quantitative estimate of drug-likeness (QED) is 0.0452. The lowest BCUT2D eigenvalue weighted by atomic mass is 9.89. The number of nitrogens with zero attached hydrogens (tertiary/aromatic N) is 4. The molecule has 2 atom stereocenters. The molecule has 15 heteroatoms. The van der Waals surface area contributed by atoms with Crippen LogP contribution in [-0.2, 0) is 28.7 Å². The van der Waals surface area contributed by atoms with Gasteiger partial charge in [-0.3, -0.25) is 39.4 Å². The van der Waals surface area contributed by atoms with Gasteiger partial charge in [-0.05, 0) is 96.2 Å². The Morgan fingerprint density at radius 2 is 1.03 bits per heavy atom. The number of benzene rings is 4. The molecule has 6 rings (SSSR count). The molecule has 0 bridgehead atoms.